The summed E-state index contributed by atoms with van der Waals surface area (Å²) in [6.45, 7) is 5.95. The van der Waals surface area contributed by atoms with Crippen LogP contribution in [0.4, 0.5) is 10.7 Å². The number of carbonyl (C=O) groups is 1. The maximum Gasteiger partial charge on any atom is 0.318 e. The van der Waals surface area contributed by atoms with Crippen molar-refractivity contribution in [3.8, 4) is 0 Å². The van der Waals surface area contributed by atoms with E-state index in [-0.39, 0.29) is 18.1 Å². The van der Waals surface area contributed by atoms with Crippen LogP contribution in [0.5, 0.6) is 0 Å². The first kappa shape index (κ1) is 19.9. The van der Waals surface area contributed by atoms with Crippen LogP contribution >= 0.6 is 11.6 Å². The number of hydrogen-bond acceptors (Lipinski definition) is 5. The quantitative estimate of drug-likeness (QED) is 0.786. The summed E-state index contributed by atoms with van der Waals surface area (Å²) in [5.41, 5.74) is 2.86. The SMILES string of the molecule is CC(NC(=O)N1Cc2nc(NC3CCOCC3)ncc2C1C)c1cccc(Cl)c1. The lowest BCUT2D eigenvalue weighted by atomic mass is 10.1. The van der Waals surface area contributed by atoms with Gasteiger partial charge in [-0.1, -0.05) is 23.7 Å². The minimum absolute atomic E-state index is 0.0753. The normalized spacial score (nSPS) is 20.2. The fourth-order valence-corrected chi connectivity index (χ4v) is 4.04. The van der Waals surface area contributed by atoms with Crippen LogP contribution in [-0.4, -0.2) is 40.2 Å². The van der Waals surface area contributed by atoms with Crippen LogP contribution in [-0.2, 0) is 11.3 Å². The Hall–Kier alpha value is -2.38. The van der Waals surface area contributed by atoms with Crippen molar-refractivity contribution in [2.45, 2.75) is 51.4 Å². The van der Waals surface area contributed by atoms with Crippen molar-refractivity contribution >= 4 is 23.6 Å². The summed E-state index contributed by atoms with van der Waals surface area (Å²) >= 11 is 6.07. The Morgan fingerprint density at radius 1 is 1.34 bits per heavy atom. The Bertz CT molecular complexity index is 887. The van der Waals surface area contributed by atoms with E-state index >= 15 is 0 Å². The van der Waals surface area contributed by atoms with Crippen LogP contribution in [0.3, 0.4) is 0 Å². The number of rotatable bonds is 4. The van der Waals surface area contributed by atoms with Crippen LogP contribution in [0.25, 0.3) is 0 Å². The van der Waals surface area contributed by atoms with Gasteiger partial charge in [0, 0.05) is 36.0 Å². The van der Waals surface area contributed by atoms with Gasteiger partial charge in [-0.15, -0.1) is 0 Å². The molecular formula is C21H26ClN5O2. The number of nitrogens with one attached hydrogen (secondary N) is 2. The van der Waals surface area contributed by atoms with Gasteiger partial charge in [0.2, 0.25) is 5.95 Å². The standard InChI is InChI=1S/C21H26ClN5O2/c1-13(15-4-3-5-16(22)10-15)24-21(28)27-12-19-18(14(27)2)11-23-20(26-19)25-17-6-8-29-9-7-17/h3-5,10-11,13-14,17H,6-9,12H2,1-2H3,(H,24,28)(H,23,25,26). The van der Waals surface area contributed by atoms with E-state index in [2.05, 4.69) is 20.6 Å². The van der Waals surface area contributed by atoms with Crippen molar-refractivity contribution in [3.05, 3.63) is 52.3 Å². The molecule has 3 heterocycles. The minimum Gasteiger partial charge on any atom is -0.381 e. The summed E-state index contributed by atoms with van der Waals surface area (Å²) in [4.78, 5) is 23.8. The van der Waals surface area contributed by atoms with Gasteiger partial charge in [0.1, 0.15) is 0 Å². The van der Waals surface area contributed by atoms with Gasteiger partial charge in [-0.3, -0.25) is 0 Å². The van der Waals surface area contributed by atoms with Gasteiger partial charge in [-0.25, -0.2) is 14.8 Å². The third-order valence-electron chi connectivity index (χ3n) is 5.64. The van der Waals surface area contributed by atoms with Gasteiger partial charge in [-0.05, 0) is 44.4 Å². The Labute approximate surface area is 175 Å². The van der Waals surface area contributed by atoms with E-state index in [9.17, 15) is 4.79 Å². The molecule has 0 saturated carbocycles. The van der Waals surface area contributed by atoms with Crippen molar-refractivity contribution in [2.75, 3.05) is 18.5 Å². The number of halogens is 1. The van der Waals surface area contributed by atoms with E-state index < -0.39 is 0 Å². The molecule has 1 aromatic heterocycles. The molecule has 1 aromatic carbocycles. The second-order valence-corrected chi connectivity index (χ2v) is 8.09. The third-order valence-corrected chi connectivity index (χ3v) is 5.88. The van der Waals surface area contributed by atoms with E-state index in [1.165, 1.54) is 0 Å². The Balaban J connectivity index is 1.41. The molecule has 0 aliphatic carbocycles. The van der Waals surface area contributed by atoms with Crippen LogP contribution < -0.4 is 10.6 Å². The van der Waals surface area contributed by atoms with Crippen molar-refractivity contribution in [2.24, 2.45) is 0 Å². The molecule has 0 bridgehead atoms. The molecule has 29 heavy (non-hydrogen) atoms. The molecule has 7 nitrogen and oxygen atoms in total. The molecule has 2 amide bonds. The van der Waals surface area contributed by atoms with Gasteiger partial charge in [0.25, 0.3) is 0 Å². The van der Waals surface area contributed by atoms with Crippen molar-refractivity contribution in [1.82, 2.24) is 20.2 Å². The summed E-state index contributed by atoms with van der Waals surface area (Å²) in [6.07, 6.45) is 3.74. The zero-order valence-corrected chi connectivity index (χ0v) is 17.4. The molecule has 2 atom stereocenters. The number of benzene rings is 1. The Morgan fingerprint density at radius 2 is 2.14 bits per heavy atom. The fourth-order valence-electron chi connectivity index (χ4n) is 3.84. The lowest BCUT2D eigenvalue weighted by Gasteiger charge is -2.24. The molecule has 154 valence electrons. The second-order valence-electron chi connectivity index (χ2n) is 7.66. The highest BCUT2D eigenvalue weighted by Crippen LogP contribution is 2.32. The number of aromatic nitrogens is 2. The van der Waals surface area contributed by atoms with Crippen molar-refractivity contribution < 1.29 is 9.53 Å². The smallest absolute Gasteiger partial charge is 0.318 e. The average Bonchev–Trinajstić information content (AvgIpc) is 3.05. The maximum atomic E-state index is 12.9. The predicted octanol–water partition coefficient (Wildman–Crippen LogP) is 4.07. The van der Waals surface area contributed by atoms with Crippen molar-refractivity contribution in [1.29, 1.82) is 0 Å². The summed E-state index contributed by atoms with van der Waals surface area (Å²) in [5, 5.41) is 7.11. The van der Waals surface area contributed by atoms with Crippen LogP contribution in [0.15, 0.2) is 30.5 Å². The largest absolute Gasteiger partial charge is 0.381 e. The van der Waals surface area contributed by atoms with E-state index in [4.69, 9.17) is 16.3 Å². The molecule has 4 rings (SSSR count). The molecule has 2 N–H and O–H groups in total. The molecule has 2 aromatic rings. The molecule has 8 heteroatoms. The molecule has 0 radical (unpaired) electrons. The maximum absolute atomic E-state index is 12.9. The fraction of sp³-hybridized carbons (Fsp3) is 0.476. The summed E-state index contributed by atoms with van der Waals surface area (Å²) < 4.78 is 5.40. The predicted molar refractivity (Wildman–Crippen MR) is 112 cm³/mol. The first-order valence-electron chi connectivity index (χ1n) is 10.0. The molecule has 2 aliphatic heterocycles. The van der Waals surface area contributed by atoms with Gasteiger partial charge in [0.05, 0.1) is 24.3 Å². The topological polar surface area (TPSA) is 79.4 Å². The number of urea groups is 1. The van der Waals surface area contributed by atoms with E-state index in [1.807, 2.05) is 44.3 Å². The van der Waals surface area contributed by atoms with Crippen molar-refractivity contribution in [3.63, 3.8) is 0 Å². The number of carbonyl (C=O) groups excluding carboxylic acids is 1. The molecule has 2 unspecified atom stereocenters. The number of nitrogens with zero attached hydrogens (tertiary/aromatic N) is 3. The molecular weight excluding hydrogens is 390 g/mol. The van der Waals surface area contributed by atoms with E-state index in [1.54, 1.807) is 4.90 Å². The first-order valence-corrected chi connectivity index (χ1v) is 10.4. The van der Waals surface area contributed by atoms with Gasteiger partial charge < -0.3 is 20.3 Å². The zero-order valence-electron chi connectivity index (χ0n) is 16.7. The lowest BCUT2D eigenvalue weighted by Crippen LogP contribution is -2.39. The van der Waals surface area contributed by atoms with Gasteiger partial charge in [0.15, 0.2) is 0 Å². The molecule has 0 spiro atoms. The van der Waals surface area contributed by atoms with Gasteiger partial charge in [-0.2, -0.15) is 0 Å². The van der Waals surface area contributed by atoms with Gasteiger partial charge >= 0.3 is 6.03 Å². The first-order chi connectivity index (χ1) is 14.0. The second kappa shape index (κ2) is 8.55. The average molecular weight is 416 g/mol. The number of anilines is 1. The molecule has 1 saturated heterocycles. The third kappa shape index (κ3) is 4.46. The molecule has 2 aliphatic rings. The number of amides is 2. The number of hydrogen-bond donors (Lipinski definition) is 2. The highest BCUT2D eigenvalue weighted by molar-refractivity contribution is 6.30. The van der Waals surface area contributed by atoms with Crippen LogP contribution in [0.1, 0.15) is 55.6 Å². The summed E-state index contributed by atoms with van der Waals surface area (Å²) in [5.74, 6) is 0.623. The summed E-state index contributed by atoms with van der Waals surface area (Å²) in [6, 6.07) is 7.52. The number of ether oxygens (including phenoxy) is 1. The Morgan fingerprint density at radius 3 is 2.90 bits per heavy atom. The Kier molecular flexibility index (Phi) is 5.87. The molecule has 1 fully saturated rings. The summed E-state index contributed by atoms with van der Waals surface area (Å²) in [7, 11) is 0. The zero-order chi connectivity index (χ0) is 20.4. The van der Waals surface area contributed by atoms with Crippen LogP contribution in [0.2, 0.25) is 5.02 Å². The number of fused-ring (bicyclic) bond motifs is 1. The van der Waals surface area contributed by atoms with E-state index in [0.29, 0.717) is 23.6 Å². The minimum atomic E-state index is -0.144. The van der Waals surface area contributed by atoms with Crippen LogP contribution in [0, 0.1) is 0 Å². The monoisotopic (exact) mass is 415 g/mol. The highest BCUT2D eigenvalue weighted by atomic mass is 35.5. The highest BCUT2D eigenvalue weighted by Gasteiger charge is 2.33. The lowest BCUT2D eigenvalue weighted by molar-refractivity contribution is 0.0903. The van der Waals surface area contributed by atoms with E-state index in [0.717, 1.165) is 42.9 Å².